The summed E-state index contributed by atoms with van der Waals surface area (Å²) in [6.07, 6.45) is -5.99. The van der Waals surface area contributed by atoms with Crippen molar-refractivity contribution < 1.29 is 18.3 Å². The van der Waals surface area contributed by atoms with Crippen LogP contribution in [0.25, 0.3) is 0 Å². The molecule has 3 nitrogen and oxygen atoms in total. The Morgan fingerprint density at radius 3 is 2.46 bits per heavy atom. The summed E-state index contributed by atoms with van der Waals surface area (Å²) in [5, 5.41) is 8.76. The van der Waals surface area contributed by atoms with Crippen molar-refractivity contribution in [3.8, 4) is 0 Å². The van der Waals surface area contributed by atoms with Crippen LogP contribution in [0.5, 0.6) is 0 Å². The van der Waals surface area contributed by atoms with Crippen LogP contribution in [-0.4, -0.2) is 10.1 Å². The van der Waals surface area contributed by atoms with Crippen LogP contribution in [0.3, 0.4) is 0 Å². The normalized spacial score (nSPS) is 14.2. The van der Waals surface area contributed by atoms with Gasteiger partial charge in [-0.15, -0.1) is 0 Å². The third kappa shape index (κ3) is 2.40. The SMILES string of the molecule is NC(O)c1cccc(C(F)(F)F)n1. The highest BCUT2D eigenvalue weighted by Crippen LogP contribution is 2.27. The van der Waals surface area contributed by atoms with Gasteiger partial charge >= 0.3 is 6.18 Å². The van der Waals surface area contributed by atoms with E-state index in [1.54, 1.807) is 0 Å². The molecule has 1 rings (SSSR count). The zero-order valence-electron chi connectivity index (χ0n) is 6.42. The van der Waals surface area contributed by atoms with Crippen LogP contribution in [0.2, 0.25) is 0 Å². The first kappa shape index (κ1) is 9.94. The Kier molecular flexibility index (Phi) is 2.53. The fraction of sp³-hybridized carbons (Fsp3) is 0.286. The third-order valence-corrected chi connectivity index (χ3v) is 1.36. The van der Waals surface area contributed by atoms with Crippen molar-refractivity contribution >= 4 is 0 Å². The maximum Gasteiger partial charge on any atom is 0.433 e. The molecule has 0 saturated heterocycles. The monoisotopic (exact) mass is 192 g/mol. The zero-order valence-corrected chi connectivity index (χ0v) is 6.42. The first-order valence-corrected chi connectivity index (χ1v) is 3.39. The molecule has 6 heteroatoms. The minimum atomic E-state index is -4.51. The second kappa shape index (κ2) is 3.31. The van der Waals surface area contributed by atoms with Crippen molar-refractivity contribution in [1.29, 1.82) is 0 Å². The number of rotatable bonds is 1. The van der Waals surface area contributed by atoms with E-state index in [-0.39, 0.29) is 5.69 Å². The number of hydrogen-bond donors (Lipinski definition) is 2. The largest absolute Gasteiger partial charge is 0.433 e. The average Bonchev–Trinajstić information content (AvgIpc) is 2.03. The van der Waals surface area contributed by atoms with Crippen molar-refractivity contribution in [2.24, 2.45) is 5.73 Å². The van der Waals surface area contributed by atoms with Crippen LogP contribution in [0.15, 0.2) is 18.2 Å². The molecule has 0 aliphatic carbocycles. The minimum absolute atomic E-state index is 0.199. The standard InChI is InChI=1S/C7H7F3N2O/c8-7(9,10)5-3-1-2-4(12-5)6(11)13/h1-3,6,13H,11H2. The van der Waals surface area contributed by atoms with Gasteiger partial charge < -0.3 is 10.8 Å². The van der Waals surface area contributed by atoms with Crippen LogP contribution in [0, 0.1) is 0 Å². The average molecular weight is 192 g/mol. The van der Waals surface area contributed by atoms with Crippen LogP contribution in [0.4, 0.5) is 13.2 Å². The van der Waals surface area contributed by atoms with E-state index in [2.05, 4.69) is 4.98 Å². The van der Waals surface area contributed by atoms with Gasteiger partial charge in [-0.05, 0) is 12.1 Å². The van der Waals surface area contributed by atoms with E-state index in [9.17, 15) is 13.2 Å². The number of nitrogens with two attached hydrogens (primary N) is 1. The molecule has 0 aromatic carbocycles. The van der Waals surface area contributed by atoms with Gasteiger partial charge in [0.25, 0.3) is 0 Å². The lowest BCUT2D eigenvalue weighted by atomic mass is 10.3. The van der Waals surface area contributed by atoms with Gasteiger partial charge in [0, 0.05) is 0 Å². The fourth-order valence-corrected chi connectivity index (χ4v) is 0.774. The van der Waals surface area contributed by atoms with E-state index in [0.29, 0.717) is 0 Å². The molecule has 0 saturated carbocycles. The summed E-state index contributed by atoms with van der Waals surface area (Å²) >= 11 is 0. The molecule has 0 amide bonds. The molecule has 72 valence electrons. The molecule has 0 aliphatic rings. The highest BCUT2D eigenvalue weighted by molar-refractivity contribution is 5.14. The quantitative estimate of drug-likeness (QED) is 0.654. The molecule has 0 spiro atoms. The maximum absolute atomic E-state index is 12.0. The predicted octanol–water partition coefficient (Wildman–Crippen LogP) is 1.05. The number of hydrogen-bond acceptors (Lipinski definition) is 3. The van der Waals surface area contributed by atoms with Crippen molar-refractivity contribution in [2.75, 3.05) is 0 Å². The smallest absolute Gasteiger partial charge is 0.373 e. The Bertz CT molecular complexity index is 298. The minimum Gasteiger partial charge on any atom is -0.373 e. The first-order chi connectivity index (χ1) is 5.91. The molecular formula is C7H7F3N2O. The second-order valence-corrected chi connectivity index (χ2v) is 2.39. The molecule has 0 fully saturated rings. The molecule has 1 heterocycles. The van der Waals surface area contributed by atoms with E-state index in [1.165, 1.54) is 6.07 Å². The molecule has 1 aromatic heterocycles. The van der Waals surface area contributed by atoms with E-state index in [0.717, 1.165) is 12.1 Å². The summed E-state index contributed by atoms with van der Waals surface area (Å²) in [6.45, 7) is 0. The van der Waals surface area contributed by atoms with Gasteiger partial charge in [0.05, 0.1) is 5.69 Å². The zero-order chi connectivity index (χ0) is 10.1. The highest BCUT2D eigenvalue weighted by atomic mass is 19.4. The lowest BCUT2D eigenvalue weighted by molar-refractivity contribution is -0.141. The van der Waals surface area contributed by atoms with E-state index in [1.807, 2.05) is 0 Å². The third-order valence-electron chi connectivity index (χ3n) is 1.36. The van der Waals surface area contributed by atoms with Gasteiger partial charge in [0.1, 0.15) is 11.9 Å². The Morgan fingerprint density at radius 1 is 1.38 bits per heavy atom. The summed E-state index contributed by atoms with van der Waals surface area (Å²) in [4.78, 5) is 3.14. The molecule has 13 heavy (non-hydrogen) atoms. The van der Waals surface area contributed by atoms with Gasteiger partial charge in [0.2, 0.25) is 0 Å². The van der Waals surface area contributed by atoms with Crippen molar-refractivity contribution in [2.45, 2.75) is 12.4 Å². The number of aliphatic hydroxyl groups excluding tert-OH is 1. The number of pyridine rings is 1. The molecule has 1 aromatic rings. The number of nitrogens with zero attached hydrogens (tertiary/aromatic N) is 1. The van der Waals surface area contributed by atoms with Gasteiger partial charge in [-0.2, -0.15) is 13.2 Å². The van der Waals surface area contributed by atoms with E-state index >= 15 is 0 Å². The topological polar surface area (TPSA) is 59.1 Å². The van der Waals surface area contributed by atoms with Gasteiger partial charge in [0.15, 0.2) is 0 Å². The number of alkyl halides is 3. The van der Waals surface area contributed by atoms with Crippen molar-refractivity contribution in [3.63, 3.8) is 0 Å². The highest BCUT2D eigenvalue weighted by Gasteiger charge is 2.32. The molecule has 0 radical (unpaired) electrons. The summed E-state index contributed by atoms with van der Waals surface area (Å²) in [6, 6.07) is 3.17. The van der Waals surface area contributed by atoms with Crippen molar-refractivity contribution in [1.82, 2.24) is 4.98 Å². The van der Waals surface area contributed by atoms with Crippen molar-refractivity contribution in [3.05, 3.63) is 29.6 Å². The summed E-state index contributed by atoms with van der Waals surface area (Å²) in [7, 11) is 0. The Hall–Kier alpha value is -1.14. The molecule has 3 N–H and O–H groups in total. The number of halogens is 3. The Balaban J connectivity index is 3.06. The van der Waals surface area contributed by atoms with Crippen LogP contribution < -0.4 is 5.73 Å². The molecule has 1 atom stereocenters. The molecule has 0 bridgehead atoms. The van der Waals surface area contributed by atoms with E-state index < -0.39 is 18.1 Å². The van der Waals surface area contributed by atoms with Crippen LogP contribution in [0.1, 0.15) is 17.6 Å². The van der Waals surface area contributed by atoms with Crippen LogP contribution >= 0.6 is 0 Å². The lowest BCUT2D eigenvalue weighted by Gasteiger charge is -2.08. The van der Waals surface area contributed by atoms with Gasteiger partial charge in [-0.3, -0.25) is 0 Å². The first-order valence-electron chi connectivity index (χ1n) is 3.39. The summed E-state index contributed by atoms with van der Waals surface area (Å²) < 4.78 is 36.1. The molecule has 1 unspecified atom stereocenters. The number of aliphatic hydroxyl groups is 1. The second-order valence-electron chi connectivity index (χ2n) is 2.39. The van der Waals surface area contributed by atoms with Gasteiger partial charge in [-0.25, -0.2) is 4.98 Å². The Labute approximate surface area is 72.0 Å². The maximum atomic E-state index is 12.0. The lowest BCUT2D eigenvalue weighted by Crippen LogP contribution is -2.14. The Morgan fingerprint density at radius 2 is 2.00 bits per heavy atom. The van der Waals surface area contributed by atoms with Gasteiger partial charge in [-0.1, -0.05) is 6.07 Å². The summed E-state index contributed by atoms with van der Waals surface area (Å²) in [5.74, 6) is 0. The van der Waals surface area contributed by atoms with E-state index in [4.69, 9.17) is 10.8 Å². The molecule has 0 aliphatic heterocycles. The molecular weight excluding hydrogens is 185 g/mol. The predicted molar refractivity (Wildman–Crippen MR) is 38.4 cm³/mol. The number of aromatic nitrogens is 1. The van der Waals surface area contributed by atoms with Crippen LogP contribution in [-0.2, 0) is 6.18 Å². The fourth-order valence-electron chi connectivity index (χ4n) is 0.774. The summed E-state index contributed by atoms with van der Waals surface area (Å²) in [5.41, 5.74) is 3.69.